The van der Waals surface area contributed by atoms with Gasteiger partial charge < -0.3 is 14.6 Å². The molecule has 0 spiro atoms. The SMILES string of the molecule is COC(=O)C(Nc1cccc(Br)c1)c1cncn1C. The first-order valence-electron chi connectivity index (χ1n) is 5.68. The van der Waals surface area contributed by atoms with Crippen LogP contribution in [0.25, 0.3) is 0 Å². The van der Waals surface area contributed by atoms with E-state index in [1.54, 1.807) is 17.1 Å². The second-order valence-electron chi connectivity index (χ2n) is 4.04. The van der Waals surface area contributed by atoms with Crippen LogP contribution in [-0.4, -0.2) is 22.6 Å². The molecule has 1 atom stereocenters. The molecule has 0 saturated carbocycles. The fourth-order valence-corrected chi connectivity index (χ4v) is 2.16. The van der Waals surface area contributed by atoms with Crippen molar-refractivity contribution < 1.29 is 9.53 Å². The van der Waals surface area contributed by atoms with Crippen molar-refractivity contribution in [3.63, 3.8) is 0 Å². The molecule has 1 aromatic carbocycles. The second-order valence-corrected chi connectivity index (χ2v) is 4.96. The molecule has 0 aliphatic heterocycles. The Labute approximate surface area is 119 Å². The lowest BCUT2D eigenvalue weighted by atomic mass is 10.2. The van der Waals surface area contributed by atoms with Gasteiger partial charge in [0.25, 0.3) is 0 Å². The lowest BCUT2D eigenvalue weighted by Gasteiger charge is -2.18. The number of rotatable bonds is 4. The van der Waals surface area contributed by atoms with Gasteiger partial charge in [0, 0.05) is 17.2 Å². The van der Waals surface area contributed by atoms with Crippen LogP contribution in [0.1, 0.15) is 11.7 Å². The molecule has 6 heteroatoms. The average Bonchev–Trinajstić information content (AvgIpc) is 2.81. The Kier molecular flexibility index (Phi) is 4.21. The summed E-state index contributed by atoms with van der Waals surface area (Å²) in [5.74, 6) is -0.358. The zero-order valence-corrected chi connectivity index (χ0v) is 12.2. The van der Waals surface area contributed by atoms with Crippen LogP contribution in [-0.2, 0) is 16.6 Å². The molecule has 1 heterocycles. The summed E-state index contributed by atoms with van der Waals surface area (Å²) < 4.78 is 7.56. The zero-order valence-electron chi connectivity index (χ0n) is 10.6. The quantitative estimate of drug-likeness (QED) is 0.878. The Bertz CT molecular complexity index is 583. The fraction of sp³-hybridized carbons (Fsp3) is 0.231. The zero-order chi connectivity index (χ0) is 13.8. The molecule has 1 unspecified atom stereocenters. The number of imidazole rings is 1. The summed E-state index contributed by atoms with van der Waals surface area (Å²) in [5, 5.41) is 3.15. The first-order chi connectivity index (χ1) is 9.11. The molecule has 100 valence electrons. The van der Waals surface area contributed by atoms with Crippen molar-refractivity contribution in [2.24, 2.45) is 7.05 Å². The van der Waals surface area contributed by atoms with E-state index in [0.717, 1.165) is 15.9 Å². The summed E-state index contributed by atoms with van der Waals surface area (Å²) in [5.41, 5.74) is 1.57. The maximum Gasteiger partial charge on any atom is 0.334 e. The van der Waals surface area contributed by atoms with Crippen LogP contribution in [0, 0.1) is 0 Å². The van der Waals surface area contributed by atoms with Crippen LogP contribution in [0.3, 0.4) is 0 Å². The van der Waals surface area contributed by atoms with Crippen molar-refractivity contribution in [1.29, 1.82) is 0 Å². The van der Waals surface area contributed by atoms with Crippen LogP contribution in [0.4, 0.5) is 5.69 Å². The van der Waals surface area contributed by atoms with Crippen LogP contribution in [0.2, 0.25) is 0 Å². The number of aromatic nitrogens is 2. The number of carbonyl (C=O) groups is 1. The third-order valence-electron chi connectivity index (χ3n) is 2.72. The molecule has 0 aliphatic carbocycles. The molecule has 0 saturated heterocycles. The van der Waals surface area contributed by atoms with Gasteiger partial charge in [0.05, 0.1) is 25.3 Å². The largest absolute Gasteiger partial charge is 0.467 e. The number of aryl methyl sites for hydroxylation is 1. The number of anilines is 1. The molecule has 0 bridgehead atoms. The molecule has 0 aliphatic rings. The van der Waals surface area contributed by atoms with Crippen LogP contribution in [0.15, 0.2) is 41.3 Å². The van der Waals surface area contributed by atoms with Gasteiger partial charge in [-0.25, -0.2) is 9.78 Å². The number of benzene rings is 1. The number of nitrogens with one attached hydrogen (secondary N) is 1. The monoisotopic (exact) mass is 323 g/mol. The highest BCUT2D eigenvalue weighted by Crippen LogP contribution is 2.22. The number of esters is 1. The van der Waals surface area contributed by atoms with Crippen molar-refractivity contribution in [2.75, 3.05) is 12.4 Å². The molecule has 5 nitrogen and oxygen atoms in total. The summed E-state index contributed by atoms with van der Waals surface area (Å²) >= 11 is 3.40. The molecule has 0 amide bonds. The maximum atomic E-state index is 11.9. The highest BCUT2D eigenvalue weighted by molar-refractivity contribution is 9.10. The van der Waals surface area contributed by atoms with Gasteiger partial charge in [0.2, 0.25) is 0 Å². The molecule has 2 rings (SSSR count). The van der Waals surface area contributed by atoms with E-state index < -0.39 is 6.04 Å². The van der Waals surface area contributed by atoms with E-state index in [0.29, 0.717) is 0 Å². The van der Waals surface area contributed by atoms with E-state index in [4.69, 9.17) is 4.74 Å². The van der Waals surface area contributed by atoms with E-state index in [1.807, 2.05) is 31.3 Å². The Hall–Kier alpha value is -1.82. The van der Waals surface area contributed by atoms with Crippen LogP contribution in [0.5, 0.6) is 0 Å². The van der Waals surface area contributed by atoms with Crippen molar-refractivity contribution in [2.45, 2.75) is 6.04 Å². The summed E-state index contributed by atoms with van der Waals surface area (Å²) in [6.07, 6.45) is 3.29. The number of hydrogen-bond donors (Lipinski definition) is 1. The molecule has 1 aromatic heterocycles. The highest BCUT2D eigenvalue weighted by atomic mass is 79.9. The fourth-order valence-electron chi connectivity index (χ4n) is 1.76. The highest BCUT2D eigenvalue weighted by Gasteiger charge is 2.24. The minimum Gasteiger partial charge on any atom is -0.467 e. The third-order valence-corrected chi connectivity index (χ3v) is 3.22. The normalized spacial score (nSPS) is 11.9. The molecule has 0 fully saturated rings. The number of carbonyl (C=O) groups excluding carboxylic acids is 1. The second kappa shape index (κ2) is 5.88. The lowest BCUT2D eigenvalue weighted by molar-refractivity contribution is -0.141. The molecule has 19 heavy (non-hydrogen) atoms. The first-order valence-corrected chi connectivity index (χ1v) is 6.47. The van der Waals surface area contributed by atoms with Gasteiger partial charge in [-0.15, -0.1) is 0 Å². The third kappa shape index (κ3) is 3.14. The van der Waals surface area contributed by atoms with Gasteiger partial charge in [0.15, 0.2) is 6.04 Å². The average molecular weight is 324 g/mol. The van der Waals surface area contributed by atoms with Gasteiger partial charge in [0.1, 0.15) is 0 Å². The van der Waals surface area contributed by atoms with E-state index in [9.17, 15) is 4.79 Å². The minimum atomic E-state index is -0.591. The predicted octanol–water partition coefficient (Wildman–Crippen LogP) is 2.51. The van der Waals surface area contributed by atoms with Crippen LogP contribution < -0.4 is 5.32 Å². The Morgan fingerprint density at radius 1 is 1.53 bits per heavy atom. The minimum absolute atomic E-state index is 0.358. The summed E-state index contributed by atoms with van der Waals surface area (Å²) in [7, 11) is 3.20. The number of ether oxygens (including phenoxy) is 1. The molecular formula is C13H14BrN3O2. The number of hydrogen-bond acceptors (Lipinski definition) is 4. The van der Waals surface area contributed by atoms with Crippen molar-refractivity contribution in [1.82, 2.24) is 9.55 Å². The van der Waals surface area contributed by atoms with Crippen molar-refractivity contribution in [3.05, 3.63) is 47.0 Å². The number of halogens is 1. The maximum absolute atomic E-state index is 11.9. The number of methoxy groups -OCH3 is 1. The van der Waals surface area contributed by atoms with E-state index in [2.05, 4.69) is 26.2 Å². The van der Waals surface area contributed by atoms with E-state index in [-0.39, 0.29) is 5.97 Å². The van der Waals surface area contributed by atoms with Gasteiger partial charge >= 0.3 is 5.97 Å². The van der Waals surface area contributed by atoms with Gasteiger partial charge in [-0.1, -0.05) is 22.0 Å². The van der Waals surface area contributed by atoms with E-state index >= 15 is 0 Å². The van der Waals surface area contributed by atoms with Gasteiger partial charge in [-0.2, -0.15) is 0 Å². The Balaban J connectivity index is 2.29. The molecule has 0 radical (unpaired) electrons. The summed E-state index contributed by atoms with van der Waals surface area (Å²) in [4.78, 5) is 15.9. The smallest absolute Gasteiger partial charge is 0.334 e. The number of nitrogens with zero attached hydrogens (tertiary/aromatic N) is 2. The lowest BCUT2D eigenvalue weighted by Crippen LogP contribution is -2.24. The summed E-state index contributed by atoms with van der Waals surface area (Å²) in [6, 6.07) is 7.00. The van der Waals surface area contributed by atoms with Gasteiger partial charge in [-0.3, -0.25) is 0 Å². The standard InChI is InChI=1S/C13H14BrN3O2/c1-17-8-15-7-11(17)12(13(18)19-2)16-10-5-3-4-9(14)6-10/h3-8,12,16H,1-2H3. The Morgan fingerprint density at radius 3 is 2.89 bits per heavy atom. The topological polar surface area (TPSA) is 56.1 Å². The molecule has 1 N–H and O–H groups in total. The van der Waals surface area contributed by atoms with Crippen LogP contribution >= 0.6 is 15.9 Å². The predicted molar refractivity (Wildman–Crippen MR) is 75.7 cm³/mol. The van der Waals surface area contributed by atoms with Crippen molar-refractivity contribution >= 4 is 27.6 Å². The summed E-state index contributed by atoms with van der Waals surface area (Å²) in [6.45, 7) is 0. The van der Waals surface area contributed by atoms with Crippen molar-refractivity contribution in [3.8, 4) is 0 Å². The first kappa shape index (κ1) is 13.6. The molecule has 2 aromatic rings. The van der Waals surface area contributed by atoms with Gasteiger partial charge in [-0.05, 0) is 18.2 Å². The Morgan fingerprint density at radius 2 is 2.32 bits per heavy atom. The molecular weight excluding hydrogens is 310 g/mol. The van der Waals surface area contributed by atoms with E-state index in [1.165, 1.54) is 7.11 Å².